The summed E-state index contributed by atoms with van der Waals surface area (Å²) >= 11 is 0. The summed E-state index contributed by atoms with van der Waals surface area (Å²) in [5.74, 6) is 0. The lowest BCUT2D eigenvalue weighted by Crippen LogP contribution is -2.11. The molecule has 2 heteroatoms. The van der Waals surface area contributed by atoms with Gasteiger partial charge in [-0.15, -0.1) is 0 Å². The van der Waals surface area contributed by atoms with Gasteiger partial charge in [-0.3, -0.25) is 0 Å². The van der Waals surface area contributed by atoms with Crippen LogP contribution in [0.15, 0.2) is 243 Å². The van der Waals surface area contributed by atoms with Gasteiger partial charge in [0.25, 0.3) is 0 Å². The maximum atomic E-state index is 2.47. The van der Waals surface area contributed by atoms with Gasteiger partial charge in [0.05, 0.1) is 22.4 Å². The van der Waals surface area contributed by atoms with Crippen LogP contribution in [0.25, 0.3) is 93.2 Å². The molecular formula is C60H40N2. The van der Waals surface area contributed by atoms with E-state index in [-0.39, 0.29) is 0 Å². The molecule has 290 valence electrons. The molecule has 0 atom stereocenters. The van der Waals surface area contributed by atoms with E-state index >= 15 is 0 Å². The summed E-state index contributed by atoms with van der Waals surface area (Å²) in [6, 6.07) is 88.6. The SMILES string of the molecule is c1ccc(-c2ccccc2N(c2ccc3c(c2)c(-c2ccccc2)c(-c2ccccc2)c2ccccc23)c2ccc3c4ccccc4n(-c4cccc5ccccc45)c3c2)cc1. The Morgan fingerprint density at radius 3 is 1.53 bits per heavy atom. The maximum absolute atomic E-state index is 2.47. The molecule has 0 aliphatic carbocycles. The summed E-state index contributed by atoms with van der Waals surface area (Å²) < 4.78 is 2.46. The zero-order valence-electron chi connectivity index (χ0n) is 34.0. The molecule has 1 heterocycles. The van der Waals surface area contributed by atoms with E-state index in [2.05, 4.69) is 252 Å². The lowest BCUT2D eigenvalue weighted by atomic mass is 9.85. The van der Waals surface area contributed by atoms with Gasteiger partial charge in [0.15, 0.2) is 0 Å². The van der Waals surface area contributed by atoms with Crippen molar-refractivity contribution in [1.29, 1.82) is 0 Å². The van der Waals surface area contributed by atoms with Crippen molar-refractivity contribution in [1.82, 2.24) is 4.57 Å². The Bertz CT molecular complexity index is 3620. The van der Waals surface area contributed by atoms with Crippen molar-refractivity contribution in [2.75, 3.05) is 4.90 Å². The van der Waals surface area contributed by atoms with Gasteiger partial charge in [0, 0.05) is 33.1 Å². The van der Waals surface area contributed by atoms with Crippen molar-refractivity contribution < 1.29 is 0 Å². The second kappa shape index (κ2) is 14.8. The van der Waals surface area contributed by atoms with Crippen LogP contribution < -0.4 is 4.90 Å². The fraction of sp³-hybridized carbons (Fsp3) is 0. The van der Waals surface area contributed by atoms with E-state index in [0.717, 1.165) is 28.1 Å². The van der Waals surface area contributed by atoms with Crippen LogP contribution >= 0.6 is 0 Å². The Balaban J connectivity index is 1.19. The standard InChI is InChI=1S/C60H40N2/c1-4-19-41(20-5-1)47-28-14-16-32-55(47)61(46-36-38-52-51-30-15-17-33-57(51)62(58(52)40-46)56-34-18-26-42-21-10-11-27-48(42)56)45-35-37-50-49-29-12-13-31-53(49)59(43-22-6-2-7-23-43)60(54(50)39-45)44-24-8-3-9-25-44/h1-40H. The first-order chi connectivity index (χ1) is 30.8. The predicted octanol–water partition coefficient (Wildman–Crippen LogP) is 16.7. The quantitative estimate of drug-likeness (QED) is 0.146. The fourth-order valence-corrected chi connectivity index (χ4v) is 9.85. The first-order valence-corrected chi connectivity index (χ1v) is 21.4. The molecular weight excluding hydrogens is 749 g/mol. The molecule has 11 aromatic carbocycles. The Labute approximate surface area is 360 Å². The zero-order chi connectivity index (χ0) is 41.0. The largest absolute Gasteiger partial charge is 0.310 e. The average Bonchev–Trinajstić information content (AvgIpc) is 3.68. The van der Waals surface area contributed by atoms with E-state index in [0.29, 0.717) is 0 Å². The number of fused-ring (bicyclic) bond motifs is 7. The first-order valence-electron chi connectivity index (χ1n) is 21.4. The third-order valence-corrected chi connectivity index (χ3v) is 12.5. The van der Waals surface area contributed by atoms with Gasteiger partial charge in [-0.2, -0.15) is 0 Å². The lowest BCUT2D eigenvalue weighted by molar-refractivity contribution is 1.19. The molecule has 0 radical (unpaired) electrons. The van der Waals surface area contributed by atoms with Crippen molar-refractivity contribution in [2.24, 2.45) is 0 Å². The first kappa shape index (κ1) is 35.7. The van der Waals surface area contributed by atoms with Crippen LogP contribution in [-0.2, 0) is 0 Å². The molecule has 12 rings (SSSR count). The summed E-state index contributed by atoms with van der Waals surface area (Å²) in [4.78, 5) is 2.47. The molecule has 62 heavy (non-hydrogen) atoms. The molecule has 12 aromatic rings. The van der Waals surface area contributed by atoms with Crippen LogP contribution in [0.2, 0.25) is 0 Å². The molecule has 0 fully saturated rings. The Hall–Kier alpha value is -8.20. The number of hydrogen-bond donors (Lipinski definition) is 0. The highest BCUT2D eigenvalue weighted by molar-refractivity contribution is 6.22. The highest BCUT2D eigenvalue weighted by atomic mass is 15.1. The molecule has 0 saturated heterocycles. The minimum absolute atomic E-state index is 1.08. The third-order valence-electron chi connectivity index (χ3n) is 12.5. The smallest absolute Gasteiger partial charge is 0.0562 e. The molecule has 0 aliphatic heterocycles. The van der Waals surface area contributed by atoms with E-state index < -0.39 is 0 Å². The van der Waals surface area contributed by atoms with Crippen LogP contribution in [0.3, 0.4) is 0 Å². The molecule has 0 N–H and O–H groups in total. The van der Waals surface area contributed by atoms with Crippen LogP contribution in [0.1, 0.15) is 0 Å². The van der Waals surface area contributed by atoms with Gasteiger partial charge in [-0.1, -0.05) is 200 Å². The number of aromatic nitrogens is 1. The fourth-order valence-electron chi connectivity index (χ4n) is 9.85. The minimum atomic E-state index is 1.08. The Morgan fingerprint density at radius 2 is 0.790 bits per heavy atom. The number of anilines is 3. The van der Waals surface area contributed by atoms with E-state index in [1.807, 2.05) is 0 Å². The number of hydrogen-bond acceptors (Lipinski definition) is 1. The number of para-hydroxylation sites is 2. The summed E-state index contributed by atoms with van der Waals surface area (Å²) in [5.41, 5.74) is 14.0. The van der Waals surface area contributed by atoms with Crippen molar-refractivity contribution in [3.63, 3.8) is 0 Å². The Morgan fingerprint density at radius 1 is 0.290 bits per heavy atom. The zero-order valence-corrected chi connectivity index (χ0v) is 34.0. The molecule has 2 nitrogen and oxygen atoms in total. The lowest BCUT2D eigenvalue weighted by Gasteiger charge is -2.29. The number of nitrogens with zero attached hydrogens (tertiary/aromatic N) is 2. The summed E-state index contributed by atoms with van der Waals surface area (Å²) in [5, 5.41) is 9.82. The highest BCUT2D eigenvalue weighted by Gasteiger charge is 2.23. The highest BCUT2D eigenvalue weighted by Crippen LogP contribution is 2.48. The van der Waals surface area contributed by atoms with Crippen LogP contribution in [-0.4, -0.2) is 4.57 Å². The van der Waals surface area contributed by atoms with Crippen molar-refractivity contribution in [3.8, 4) is 39.1 Å². The topological polar surface area (TPSA) is 8.17 Å². The monoisotopic (exact) mass is 788 g/mol. The van der Waals surface area contributed by atoms with Gasteiger partial charge in [0.2, 0.25) is 0 Å². The Kier molecular flexibility index (Phi) is 8.53. The second-order valence-electron chi connectivity index (χ2n) is 16.0. The van der Waals surface area contributed by atoms with Gasteiger partial charge < -0.3 is 9.47 Å². The van der Waals surface area contributed by atoms with Crippen molar-refractivity contribution in [3.05, 3.63) is 243 Å². The van der Waals surface area contributed by atoms with Crippen molar-refractivity contribution >= 4 is 71.2 Å². The molecule has 0 spiro atoms. The molecule has 0 saturated carbocycles. The number of rotatable bonds is 7. The van der Waals surface area contributed by atoms with Gasteiger partial charge in [-0.25, -0.2) is 0 Å². The van der Waals surface area contributed by atoms with E-state index in [9.17, 15) is 0 Å². The van der Waals surface area contributed by atoms with E-state index in [1.54, 1.807) is 0 Å². The summed E-state index contributed by atoms with van der Waals surface area (Å²) in [7, 11) is 0. The predicted molar refractivity (Wildman–Crippen MR) is 264 cm³/mol. The second-order valence-corrected chi connectivity index (χ2v) is 16.0. The van der Waals surface area contributed by atoms with Gasteiger partial charge in [-0.05, 0) is 97.2 Å². The van der Waals surface area contributed by atoms with Crippen LogP contribution in [0, 0.1) is 0 Å². The molecule has 0 unspecified atom stereocenters. The molecule has 0 aliphatic rings. The maximum Gasteiger partial charge on any atom is 0.0562 e. The molecule has 0 bridgehead atoms. The summed E-state index contributed by atoms with van der Waals surface area (Å²) in [6.45, 7) is 0. The molecule has 0 amide bonds. The third kappa shape index (κ3) is 5.80. The summed E-state index contributed by atoms with van der Waals surface area (Å²) in [6.07, 6.45) is 0. The minimum Gasteiger partial charge on any atom is -0.310 e. The van der Waals surface area contributed by atoms with Crippen LogP contribution in [0.4, 0.5) is 17.1 Å². The average molecular weight is 789 g/mol. The van der Waals surface area contributed by atoms with Crippen LogP contribution in [0.5, 0.6) is 0 Å². The molecule has 1 aromatic heterocycles. The number of benzene rings is 11. The van der Waals surface area contributed by atoms with Crippen molar-refractivity contribution in [2.45, 2.75) is 0 Å². The normalized spacial score (nSPS) is 11.5. The van der Waals surface area contributed by atoms with E-state index in [1.165, 1.54) is 82.1 Å². The van der Waals surface area contributed by atoms with Gasteiger partial charge in [0.1, 0.15) is 0 Å². The van der Waals surface area contributed by atoms with Gasteiger partial charge >= 0.3 is 0 Å². The van der Waals surface area contributed by atoms with E-state index in [4.69, 9.17) is 0 Å².